The summed E-state index contributed by atoms with van der Waals surface area (Å²) >= 11 is 0. The molecule has 13 heavy (non-hydrogen) atoms. The van der Waals surface area contributed by atoms with E-state index in [-0.39, 0.29) is 6.03 Å². The van der Waals surface area contributed by atoms with Gasteiger partial charge in [0.1, 0.15) is 0 Å². The number of hydrogen-bond donors (Lipinski definition) is 2. The molecular formula is C8H12N4O. The van der Waals surface area contributed by atoms with Gasteiger partial charge in [0.15, 0.2) is 5.82 Å². The van der Waals surface area contributed by atoms with E-state index < -0.39 is 0 Å². The molecule has 0 bridgehead atoms. The van der Waals surface area contributed by atoms with Gasteiger partial charge in [-0.2, -0.15) is 0 Å². The number of nitrogens with one attached hydrogen (secondary N) is 2. The maximum atomic E-state index is 10.9. The van der Waals surface area contributed by atoms with E-state index in [0.29, 0.717) is 11.5 Å². The van der Waals surface area contributed by atoms with Crippen LogP contribution in [0.2, 0.25) is 0 Å². The number of carbonyl (C=O) groups excluding carboxylic acids is 1. The number of nitrogens with zero attached hydrogens (tertiary/aromatic N) is 2. The van der Waals surface area contributed by atoms with E-state index in [9.17, 15) is 4.79 Å². The van der Waals surface area contributed by atoms with E-state index in [1.165, 1.54) is 0 Å². The van der Waals surface area contributed by atoms with E-state index in [4.69, 9.17) is 0 Å². The van der Waals surface area contributed by atoms with Gasteiger partial charge in [-0.25, -0.2) is 9.78 Å². The van der Waals surface area contributed by atoms with Crippen LogP contribution in [0.15, 0.2) is 6.20 Å². The molecule has 0 aromatic carbocycles. The average Bonchev–Trinajstić information content (AvgIpc) is 2.09. The number of anilines is 1. The van der Waals surface area contributed by atoms with Crippen molar-refractivity contribution in [3.63, 3.8) is 0 Å². The molecule has 0 unspecified atom stereocenters. The van der Waals surface area contributed by atoms with Gasteiger partial charge in [0.05, 0.1) is 17.6 Å². The van der Waals surface area contributed by atoms with Gasteiger partial charge in [0.2, 0.25) is 0 Å². The van der Waals surface area contributed by atoms with Gasteiger partial charge in [-0.05, 0) is 13.8 Å². The summed E-state index contributed by atoms with van der Waals surface area (Å²) in [5.41, 5.74) is 1.54. The standard InChI is InChI=1S/C8H12N4O/c1-5-4-10-7(6(2)11-5)12-8(13)9-3/h4H,1-3H3,(H2,9,10,12,13). The molecule has 0 saturated carbocycles. The second kappa shape index (κ2) is 3.84. The van der Waals surface area contributed by atoms with Crippen molar-refractivity contribution in [2.45, 2.75) is 13.8 Å². The monoisotopic (exact) mass is 180 g/mol. The van der Waals surface area contributed by atoms with Crippen LogP contribution in [0.3, 0.4) is 0 Å². The predicted molar refractivity (Wildman–Crippen MR) is 49.6 cm³/mol. The molecule has 0 spiro atoms. The molecule has 0 fully saturated rings. The molecule has 0 aliphatic carbocycles. The summed E-state index contributed by atoms with van der Waals surface area (Å²) in [5.74, 6) is 0.491. The molecule has 1 rings (SSSR count). The van der Waals surface area contributed by atoms with Crippen LogP contribution in [0, 0.1) is 13.8 Å². The zero-order valence-corrected chi connectivity index (χ0v) is 7.88. The number of aromatic nitrogens is 2. The third-order valence-corrected chi connectivity index (χ3v) is 1.53. The summed E-state index contributed by atoms with van der Waals surface area (Å²) in [7, 11) is 1.55. The van der Waals surface area contributed by atoms with Crippen LogP contribution in [0.5, 0.6) is 0 Å². The molecule has 1 aromatic heterocycles. The van der Waals surface area contributed by atoms with E-state index >= 15 is 0 Å². The summed E-state index contributed by atoms with van der Waals surface area (Å²) < 4.78 is 0. The van der Waals surface area contributed by atoms with E-state index in [1.54, 1.807) is 20.2 Å². The molecule has 1 heterocycles. The van der Waals surface area contributed by atoms with Gasteiger partial charge in [-0.3, -0.25) is 10.3 Å². The van der Waals surface area contributed by atoms with Crippen LogP contribution in [0.4, 0.5) is 10.6 Å². The number of hydrogen-bond acceptors (Lipinski definition) is 3. The topological polar surface area (TPSA) is 66.9 Å². The van der Waals surface area contributed by atoms with Gasteiger partial charge >= 0.3 is 6.03 Å². The van der Waals surface area contributed by atoms with Crippen LogP contribution in [0.1, 0.15) is 11.4 Å². The average molecular weight is 180 g/mol. The molecule has 1 aromatic rings. The largest absolute Gasteiger partial charge is 0.341 e. The highest BCUT2D eigenvalue weighted by Crippen LogP contribution is 2.07. The van der Waals surface area contributed by atoms with Crippen molar-refractivity contribution in [2.75, 3.05) is 12.4 Å². The van der Waals surface area contributed by atoms with Crippen LogP contribution in [-0.2, 0) is 0 Å². The quantitative estimate of drug-likeness (QED) is 0.673. The Bertz CT molecular complexity index is 324. The first-order chi connectivity index (χ1) is 6.13. The minimum atomic E-state index is -0.291. The van der Waals surface area contributed by atoms with Crippen molar-refractivity contribution in [3.8, 4) is 0 Å². The van der Waals surface area contributed by atoms with Crippen molar-refractivity contribution < 1.29 is 4.79 Å². The Morgan fingerprint density at radius 2 is 2.15 bits per heavy atom. The highest BCUT2D eigenvalue weighted by molar-refractivity contribution is 5.88. The Morgan fingerprint density at radius 1 is 1.46 bits per heavy atom. The second-order valence-corrected chi connectivity index (χ2v) is 2.65. The maximum Gasteiger partial charge on any atom is 0.320 e. The minimum Gasteiger partial charge on any atom is -0.341 e. The van der Waals surface area contributed by atoms with E-state index in [0.717, 1.165) is 5.69 Å². The number of amides is 2. The van der Waals surface area contributed by atoms with Crippen LogP contribution in [0.25, 0.3) is 0 Å². The molecule has 0 radical (unpaired) electrons. The molecule has 0 atom stereocenters. The molecule has 0 aliphatic rings. The molecule has 5 heteroatoms. The van der Waals surface area contributed by atoms with Gasteiger partial charge < -0.3 is 5.32 Å². The number of carbonyl (C=O) groups is 1. The predicted octanol–water partition coefficient (Wildman–Crippen LogP) is 0.845. The molecule has 2 amide bonds. The van der Waals surface area contributed by atoms with Crippen LogP contribution in [-0.4, -0.2) is 23.0 Å². The van der Waals surface area contributed by atoms with Crippen molar-refractivity contribution >= 4 is 11.8 Å². The van der Waals surface area contributed by atoms with Gasteiger partial charge in [-0.15, -0.1) is 0 Å². The van der Waals surface area contributed by atoms with Crippen LogP contribution >= 0.6 is 0 Å². The molecule has 0 aliphatic heterocycles. The van der Waals surface area contributed by atoms with Gasteiger partial charge in [0.25, 0.3) is 0 Å². The third kappa shape index (κ3) is 2.40. The zero-order valence-electron chi connectivity index (χ0n) is 7.88. The summed E-state index contributed by atoms with van der Waals surface area (Å²) in [6.07, 6.45) is 1.61. The van der Waals surface area contributed by atoms with Crippen molar-refractivity contribution in [2.24, 2.45) is 0 Å². The lowest BCUT2D eigenvalue weighted by Gasteiger charge is -2.05. The first-order valence-corrected chi connectivity index (χ1v) is 3.92. The molecule has 0 saturated heterocycles. The maximum absolute atomic E-state index is 10.9. The Kier molecular flexibility index (Phi) is 2.79. The Labute approximate surface area is 76.6 Å². The summed E-state index contributed by atoms with van der Waals surface area (Å²) in [6, 6.07) is -0.291. The lowest BCUT2D eigenvalue weighted by atomic mass is 10.4. The molecule has 5 nitrogen and oxygen atoms in total. The SMILES string of the molecule is CNC(=O)Nc1ncc(C)nc1C. The zero-order chi connectivity index (χ0) is 9.84. The van der Waals surface area contributed by atoms with E-state index in [2.05, 4.69) is 20.6 Å². The molecule has 70 valence electrons. The highest BCUT2D eigenvalue weighted by atomic mass is 16.2. The summed E-state index contributed by atoms with van der Waals surface area (Å²) in [5, 5.41) is 5.00. The Balaban J connectivity index is 2.83. The fourth-order valence-electron chi connectivity index (χ4n) is 0.890. The lowest BCUT2D eigenvalue weighted by Crippen LogP contribution is -2.25. The van der Waals surface area contributed by atoms with E-state index in [1.807, 2.05) is 6.92 Å². The van der Waals surface area contributed by atoms with Crippen molar-refractivity contribution in [1.82, 2.24) is 15.3 Å². The summed E-state index contributed by atoms with van der Waals surface area (Å²) in [4.78, 5) is 19.1. The Morgan fingerprint density at radius 3 is 2.69 bits per heavy atom. The number of rotatable bonds is 1. The van der Waals surface area contributed by atoms with Crippen molar-refractivity contribution in [3.05, 3.63) is 17.6 Å². The fraction of sp³-hybridized carbons (Fsp3) is 0.375. The number of urea groups is 1. The smallest absolute Gasteiger partial charge is 0.320 e. The fourth-order valence-corrected chi connectivity index (χ4v) is 0.890. The number of aryl methyl sites for hydroxylation is 2. The molecule has 2 N–H and O–H groups in total. The van der Waals surface area contributed by atoms with Crippen molar-refractivity contribution in [1.29, 1.82) is 0 Å². The third-order valence-electron chi connectivity index (χ3n) is 1.53. The van der Waals surface area contributed by atoms with Gasteiger partial charge in [-0.1, -0.05) is 0 Å². The second-order valence-electron chi connectivity index (χ2n) is 2.65. The first-order valence-electron chi connectivity index (χ1n) is 3.92. The molecular weight excluding hydrogens is 168 g/mol. The normalized spacial score (nSPS) is 9.46. The van der Waals surface area contributed by atoms with Crippen LogP contribution < -0.4 is 10.6 Å². The first kappa shape index (κ1) is 9.44. The van der Waals surface area contributed by atoms with Gasteiger partial charge in [0, 0.05) is 7.05 Å². The minimum absolute atomic E-state index is 0.291. The lowest BCUT2D eigenvalue weighted by molar-refractivity contribution is 0.254. The Hall–Kier alpha value is -1.65. The highest BCUT2D eigenvalue weighted by Gasteiger charge is 2.04. The summed E-state index contributed by atoms with van der Waals surface area (Å²) in [6.45, 7) is 3.65.